The van der Waals surface area contributed by atoms with Crippen molar-refractivity contribution in [2.75, 3.05) is 7.05 Å². The molecule has 0 saturated heterocycles. The molecule has 0 aliphatic heterocycles. The van der Waals surface area contributed by atoms with Crippen LogP contribution in [0.15, 0.2) is 37.2 Å². The molecule has 0 radical (unpaired) electrons. The summed E-state index contributed by atoms with van der Waals surface area (Å²) in [5, 5.41) is 0. The van der Waals surface area contributed by atoms with Crippen molar-refractivity contribution < 1.29 is 12.8 Å². The Kier molecular flexibility index (Phi) is 4.24. The highest BCUT2D eigenvalue weighted by atomic mass is 32.2. The van der Waals surface area contributed by atoms with Gasteiger partial charge in [0.25, 0.3) is 5.56 Å². The number of nitrogens with zero attached hydrogens (tertiary/aromatic N) is 3. The zero-order valence-corrected chi connectivity index (χ0v) is 15.4. The van der Waals surface area contributed by atoms with Gasteiger partial charge in [0, 0.05) is 33.3 Å². The van der Waals surface area contributed by atoms with Crippen LogP contribution in [-0.4, -0.2) is 28.9 Å². The Labute approximate surface area is 145 Å². The molecule has 0 aromatic carbocycles. The molecular formula is C16H21N3O5S. The zero-order chi connectivity index (χ0) is 18.5. The first-order valence-corrected chi connectivity index (χ1v) is 9.38. The Balaban J connectivity index is 1.88. The number of aromatic nitrogens is 2. The van der Waals surface area contributed by atoms with Crippen molar-refractivity contribution in [3.05, 3.63) is 50.7 Å². The number of aryl methyl sites for hydroxylation is 1. The van der Waals surface area contributed by atoms with Crippen LogP contribution in [0, 0.1) is 5.92 Å². The van der Waals surface area contributed by atoms with Gasteiger partial charge in [-0.05, 0) is 24.5 Å². The molecule has 0 N–H and O–H groups in total. The summed E-state index contributed by atoms with van der Waals surface area (Å²) >= 11 is 0. The summed E-state index contributed by atoms with van der Waals surface area (Å²) < 4.78 is 34.1. The second kappa shape index (κ2) is 5.99. The summed E-state index contributed by atoms with van der Waals surface area (Å²) in [7, 11) is -0.0301. The Morgan fingerprint density at radius 3 is 2.52 bits per heavy atom. The third-order valence-electron chi connectivity index (χ3n) is 4.64. The molecule has 136 valence electrons. The lowest BCUT2D eigenvalue weighted by atomic mass is 10.3. The minimum absolute atomic E-state index is 0.00935. The lowest BCUT2D eigenvalue weighted by Gasteiger charge is -2.16. The molecule has 25 heavy (non-hydrogen) atoms. The van der Waals surface area contributed by atoms with Crippen LogP contribution >= 0.6 is 0 Å². The first-order chi connectivity index (χ1) is 11.6. The standard InChI is InChI=1S/C16H21N3O5S/c1-10-7-12(10)13-6-5-11(24-13)8-18(3)25(22,23)14-9-17(2)16(21)19(4)15(14)20/h5-6,9-10,12H,7-8H2,1-4H3/t10-,12-/m1/s1. The summed E-state index contributed by atoms with van der Waals surface area (Å²) in [4.78, 5) is 23.5. The minimum Gasteiger partial charge on any atom is -0.464 e. The Morgan fingerprint density at radius 2 is 1.92 bits per heavy atom. The largest absolute Gasteiger partial charge is 0.464 e. The Hall–Kier alpha value is -2.13. The summed E-state index contributed by atoms with van der Waals surface area (Å²) in [6.07, 6.45) is 2.13. The second-order valence-electron chi connectivity index (χ2n) is 6.64. The molecule has 1 aliphatic carbocycles. The number of rotatable bonds is 5. The van der Waals surface area contributed by atoms with Crippen molar-refractivity contribution in [1.29, 1.82) is 0 Å². The van der Waals surface area contributed by atoms with E-state index in [-0.39, 0.29) is 6.54 Å². The maximum Gasteiger partial charge on any atom is 0.330 e. The SMILES string of the molecule is C[C@@H]1C[C@H]1c1ccc(CN(C)S(=O)(=O)c2cn(C)c(=O)n(C)c2=O)o1. The van der Waals surface area contributed by atoms with Gasteiger partial charge in [-0.15, -0.1) is 0 Å². The molecule has 0 spiro atoms. The van der Waals surface area contributed by atoms with Gasteiger partial charge in [0.2, 0.25) is 10.0 Å². The molecule has 1 fully saturated rings. The normalized spacial score (nSPS) is 20.2. The minimum atomic E-state index is -4.06. The van der Waals surface area contributed by atoms with E-state index < -0.39 is 26.2 Å². The van der Waals surface area contributed by atoms with E-state index in [4.69, 9.17) is 4.42 Å². The van der Waals surface area contributed by atoms with E-state index >= 15 is 0 Å². The molecule has 9 heteroatoms. The molecule has 2 aromatic rings. The fraction of sp³-hybridized carbons (Fsp3) is 0.500. The van der Waals surface area contributed by atoms with Gasteiger partial charge in [0.1, 0.15) is 11.5 Å². The summed E-state index contributed by atoms with van der Waals surface area (Å²) in [6, 6.07) is 3.63. The molecule has 3 rings (SSSR count). The van der Waals surface area contributed by atoms with E-state index in [0.29, 0.717) is 17.6 Å². The zero-order valence-electron chi connectivity index (χ0n) is 14.6. The van der Waals surface area contributed by atoms with E-state index in [2.05, 4.69) is 6.92 Å². The molecule has 0 bridgehead atoms. The molecule has 0 unspecified atom stereocenters. The van der Waals surface area contributed by atoms with Crippen molar-refractivity contribution >= 4 is 10.0 Å². The molecule has 2 heterocycles. The predicted octanol–water partition coefficient (Wildman–Crippen LogP) is 0.621. The fourth-order valence-electron chi connectivity index (χ4n) is 2.82. The molecule has 2 aromatic heterocycles. The topological polar surface area (TPSA) is 94.5 Å². The summed E-state index contributed by atoms with van der Waals surface area (Å²) in [5.41, 5.74) is -1.43. The third kappa shape index (κ3) is 3.09. The quantitative estimate of drug-likeness (QED) is 0.772. The van der Waals surface area contributed by atoms with Crippen molar-refractivity contribution in [2.24, 2.45) is 20.0 Å². The van der Waals surface area contributed by atoms with Crippen LogP contribution in [0.4, 0.5) is 0 Å². The van der Waals surface area contributed by atoms with Gasteiger partial charge in [-0.25, -0.2) is 13.2 Å². The first kappa shape index (κ1) is 17.7. The summed E-state index contributed by atoms with van der Waals surface area (Å²) in [5.74, 6) is 2.38. The van der Waals surface area contributed by atoms with Crippen molar-refractivity contribution in [3.8, 4) is 0 Å². The smallest absolute Gasteiger partial charge is 0.330 e. The molecule has 2 atom stereocenters. The van der Waals surface area contributed by atoms with Gasteiger partial charge >= 0.3 is 5.69 Å². The molecule has 1 saturated carbocycles. The highest BCUT2D eigenvalue weighted by molar-refractivity contribution is 7.89. The van der Waals surface area contributed by atoms with Gasteiger partial charge < -0.3 is 8.98 Å². The second-order valence-corrected chi connectivity index (χ2v) is 8.65. The Bertz CT molecular complexity index is 1030. The highest BCUT2D eigenvalue weighted by Crippen LogP contribution is 2.47. The van der Waals surface area contributed by atoms with Crippen LogP contribution in [-0.2, 0) is 30.7 Å². The Morgan fingerprint density at radius 1 is 1.28 bits per heavy atom. The number of sulfonamides is 1. The highest BCUT2D eigenvalue weighted by Gasteiger charge is 2.37. The van der Waals surface area contributed by atoms with E-state index in [1.54, 1.807) is 6.07 Å². The van der Waals surface area contributed by atoms with E-state index in [0.717, 1.165) is 31.8 Å². The van der Waals surface area contributed by atoms with Crippen LogP contribution in [0.25, 0.3) is 0 Å². The average molecular weight is 367 g/mol. The van der Waals surface area contributed by atoms with Gasteiger partial charge in [-0.2, -0.15) is 4.31 Å². The van der Waals surface area contributed by atoms with Gasteiger partial charge in [0.05, 0.1) is 6.54 Å². The van der Waals surface area contributed by atoms with E-state index in [9.17, 15) is 18.0 Å². The summed E-state index contributed by atoms with van der Waals surface area (Å²) in [6.45, 7) is 2.15. The van der Waals surface area contributed by atoms with Crippen LogP contribution < -0.4 is 11.2 Å². The maximum atomic E-state index is 12.7. The van der Waals surface area contributed by atoms with Crippen LogP contribution in [0.2, 0.25) is 0 Å². The van der Waals surface area contributed by atoms with Crippen LogP contribution in [0.1, 0.15) is 30.8 Å². The molecule has 1 aliphatic rings. The van der Waals surface area contributed by atoms with Gasteiger partial charge in [0.15, 0.2) is 4.90 Å². The third-order valence-corrected chi connectivity index (χ3v) is 6.42. The number of furan rings is 1. The van der Waals surface area contributed by atoms with Crippen LogP contribution in [0.5, 0.6) is 0 Å². The fourth-order valence-corrected chi connectivity index (χ4v) is 4.10. The van der Waals surface area contributed by atoms with Crippen LogP contribution in [0.3, 0.4) is 0 Å². The number of hydrogen-bond acceptors (Lipinski definition) is 5. The maximum absolute atomic E-state index is 12.7. The van der Waals surface area contributed by atoms with Crippen molar-refractivity contribution in [1.82, 2.24) is 13.4 Å². The molecular weight excluding hydrogens is 346 g/mol. The monoisotopic (exact) mass is 367 g/mol. The van der Waals surface area contributed by atoms with Gasteiger partial charge in [-0.3, -0.25) is 9.36 Å². The molecule has 0 amide bonds. The lowest BCUT2D eigenvalue weighted by Crippen LogP contribution is -2.41. The average Bonchev–Trinajstić information content (AvgIpc) is 3.10. The number of hydrogen-bond donors (Lipinski definition) is 0. The van der Waals surface area contributed by atoms with E-state index in [1.165, 1.54) is 21.1 Å². The molecule has 8 nitrogen and oxygen atoms in total. The van der Waals surface area contributed by atoms with Gasteiger partial charge in [-0.1, -0.05) is 6.92 Å². The lowest BCUT2D eigenvalue weighted by molar-refractivity contribution is 0.388. The van der Waals surface area contributed by atoms with Crippen molar-refractivity contribution in [2.45, 2.75) is 30.7 Å². The predicted molar refractivity (Wildman–Crippen MR) is 90.8 cm³/mol. The van der Waals surface area contributed by atoms with Crippen molar-refractivity contribution in [3.63, 3.8) is 0 Å². The first-order valence-electron chi connectivity index (χ1n) is 7.94. The van der Waals surface area contributed by atoms with E-state index in [1.807, 2.05) is 6.07 Å².